The first kappa shape index (κ1) is 18.0. The fourth-order valence-corrected chi connectivity index (χ4v) is 2.46. The number of benzene rings is 1. The Balaban J connectivity index is 2.11. The molecular formula is C20H25NO3. The maximum absolute atomic E-state index is 12.4. The molecule has 24 heavy (non-hydrogen) atoms. The Morgan fingerprint density at radius 1 is 1.17 bits per heavy atom. The van der Waals surface area contributed by atoms with E-state index < -0.39 is 5.97 Å². The molecule has 0 radical (unpaired) electrons. The van der Waals surface area contributed by atoms with Crippen molar-refractivity contribution in [2.75, 3.05) is 0 Å². The number of nitrogens with zero attached hydrogens (tertiary/aromatic N) is 1. The van der Waals surface area contributed by atoms with Gasteiger partial charge < -0.3 is 9.47 Å². The van der Waals surface area contributed by atoms with Crippen molar-refractivity contribution in [3.63, 3.8) is 0 Å². The first-order valence-electron chi connectivity index (χ1n) is 8.23. The van der Waals surface area contributed by atoms with E-state index in [4.69, 9.17) is 9.47 Å². The van der Waals surface area contributed by atoms with E-state index in [9.17, 15) is 4.79 Å². The van der Waals surface area contributed by atoms with Crippen LogP contribution in [0.2, 0.25) is 0 Å². The van der Waals surface area contributed by atoms with Crippen molar-refractivity contribution in [1.29, 1.82) is 0 Å². The summed E-state index contributed by atoms with van der Waals surface area (Å²) in [6, 6.07) is 11.3. The van der Waals surface area contributed by atoms with Crippen LogP contribution in [0.25, 0.3) is 0 Å². The molecule has 1 heterocycles. The van der Waals surface area contributed by atoms with Gasteiger partial charge >= 0.3 is 5.97 Å². The molecule has 0 fully saturated rings. The van der Waals surface area contributed by atoms with Gasteiger partial charge in [-0.25, -0.2) is 4.79 Å². The molecule has 0 saturated carbocycles. The van der Waals surface area contributed by atoms with Crippen LogP contribution in [-0.2, 0) is 11.3 Å². The zero-order chi connectivity index (χ0) is 17.6. The van der Waals surface area contributed by atoms with Crippen molar-refractivity contribution in [2.24, 2.45) is 5.41 Å². The monoisotopic (exact) mass is 327 g/mol. The van der Waals surface area contributed by atoms with E-state index in [0.717, 1.165) is 12.0 Å². The zero-order valence-electron chi connectivity index (χ0n) is 14.8. The van der Waals surface area contributed by atoms with Gasteiger partial charge in [0.1, 0.15) is 24.0 Å². The van der Waals surface area contributed by atoms with Crippen LogP contribution in [0, 0.1) is 5.41 Å². The predicted molar refractivity (Wildman–Crippen MR) is 94.0 cm³/mol. The minimum absolute atomic E-state index is 0.000531. The molecule has 0 aliphatic carbocycles. The topological polar surface area (TPSA) is 48.4 Å². The van der Waals surface area contributed by atoms with Gasteiger partial charge in [0.2, 0.25) is 0 Å². The third kappa shape index (κ3) is 4.82. The number of pyridine rings is 1. The van der Waals surface area contributed by atoms with Gasteiger partial charge in [-0.2, -0.15) is 0 Å². The van der Waals surface area contributed by atoms with Gasteiger partial charge in [-0.15, -0.1) is 0 Å². The molecule has 0 N–H and O–H groups in total. The second kappa shape index (κ2) is 7.95. The summed E-state index contributed by atoms with van der Waals surface area (Å²) in [6.07, 6.45) is 3.97. The van der Waals surface area contributed by atoms with E-state index in [-0.39, 0.29) is 18.1 Å². The van der Waals surface area contributed by atoms with E-state index in [2.05, 4.69) is 32.7 Å². The van der Waals surface area contributed by atoms with Gasteiger partial charge in [0.15, 0.2) is 0 Å². The quantitative estimate of drug-likeness (QED) is 0.725. The standard InChI is InChI=1S/C20H25NO3/c1-5-18(20(2,3)4)24-17-11-12-21-13-16(17)19(22)23-14-15-9-7-6-8-10-15/h6-13,18H,5,14H2,1-4H3. The largest absolute Gasteiger partial charge is 0.489 e. The van der Waals surface area contributed by atoms with Crippen molar-refractivity contribution in [3.8, 4) is 5.75 Å². The van der Waals surface area contributed by atoms with Gasteiger partial charge in [-0.1, -0.05) is 58.0 Å². The fraction of sp³-hybridized carbons (Fsp3) is 0.400. The minimum Gasteiger partial charge on any atom is -0.489 e. The van der Waals surface area contributed by atoms with Crippen LogP contribution in [0.15, 0.2) is 48.8 Å². The molecule has 2 aromatic rings. The predicted octanol–water partition coefficient (Wildman–Crippen LogP) is 4.64. The fourth-order valence-electron chi connectivity index (χ4n) is 2.46. The Hall–Kier alpha value is -2.36. The first-order chi connectivity index (χ1) is 11.4. The van der Waals surface area contributed by atoms with Crippen molar-refractivity contribution >= 4 is 5.97 Å². The van der Waals surface area contributed by atoms with Crippen molar-refractivity contribution < 1.29 is 14.3 Å². The Bertz CT molecular complexity index is 662. The van der Waals surface area contributed by atoms with Gasteiger partial charge in [0.05, 0.1) is 0 Å². The van der Waals surface area contributed by atoms with Gasteiger partial charge in [0.25, 0.3) is 0 Å². The Kier molecular flexibility index (Phi) is 5.96. The highest BCUT2D eigenvalue weighted by Crippen LogP contribution is 2.29. The highest BCUT2D eigenvalue weighted by atomic mass is 16.5. The third-order valence-electron chi connectivity index (χ3n) is 3.82. The molecule has 1 aromatic carbocycles. The number of hydrogen-bond acceptors (Lipinski definition) is 4. The molecule has 0 spiro atoms. The molecule has 4 nitrogen and oxygen atoms in total. The molecule has 128 valence electrons. The zero-order valence-corrected chi connectivity index (χ0v) is 14.8. The van der Waals surface area contributed by atoms with Crippen LogP contribution in [0.1, 0.15) is 50.0 Å². The molecule has 1 unspecified atom stereocenters. The minimum atomic E-state index is -0.425. The summed E-state index contributed by atoms with van der Waals surface area (Å²) in [7, 11) is 0. The van der Waals surface area contributed by atoms with Crippen molar-refractivity contribution in [3.05, 3.63) is 59.9 Å². The lowest BCUT2D eigenvalue weighted by atomic mass is 9.87. The molecule has 1 atom stereocenters. The lowest BCUT2D eigenvalue weighted by Gasteiger charge is -2.30. The summed E-state index contributed by atoms with van der Waals surface area (Å²) in [5.41, 5.74) is 1.28. The van der Waals surface area contributed by atoms with E-state index in [1.807, 2.05) is 30.3 Å². The maximum atomic E-state index is 12.4. The lowest BCUT2D eigenvalue weighted by molar-refractivity contribution is 0.0447. The summed E-state index contributed by atoms with van der Waals surface area (Å²) in [4.78, 5) is 16.5. The Labute approximate surface area is 143 Å². The molecular weight excluding hydrogens is 302 g/mol. The number of carbonyl (C=O) groups excluding carboxylic acids is 1. The number of rotatable bonds is 6. The molecule has 0 aliphatic rings. The molecule has 0 bridgehead atoms. The molecule has 0 amide bonds. The number of carbonyl (C=O) groups is 1. The normalized spacial score (nSPS) is 12.5. The third-order valence-corrected chi connectivity index (χ3v) is 3.82. The molecule has 2 rings (SSSR count). The number of esters is 1. The molecule has 0 aliphatic heterocycles. The van der Waals surface area contributed by atoms with Crippen LogP contribution in [0.3, 0.4) is 0 Å². The van der Waals surface area contributed by atoms with E-state index in [1.54, 1.807) is 12.3 Å². The molecule has 0 saturated heterocycles. The van der Waals surface area contributed by atoms with Crippen molar-refractivity contribution in [1.82, 2.24) is 4.98 Å². The van der Waals surface area contributed by atoms with Crippen LogP contribution in [-0.4, -0.2) is 17.1 Å². The van der Waals surface area contributed by atoms with Crippen molar-refractivity contribution in [2.45, 2.75) is 46.8 Å². The second-order valence-electron chi connectivity index (χ2n) is 6.81. The number of hydrogen-bond donors (Lipinski definition) is 0. The van der Waals surface area contributed by atoms with Crippen LogP contribution in [0.5, 0.6) is 5.75 Å². The number of ether oxygens (including phenoxy) is 2. The van der Waals surface area contributed by atoms with Gasteiger partial charge in [-0.05, 0) is 23.5 Å². The smallest absolute Gasteiger partial charge is 0.343 e. The first-order valence-corrected chi connectivity index (χ1v) is 8.23. The summed E-state index contributed by atoms with van der Waals surface area (Å²) < 4.78 is 11.5. The van der Waals surface area contributed by atoms with Crippen LogP contribution < -0.4 is 4.74 Å². The Morgan fingerprint density at radius 3 is 2.50 bits per heavy atom. The highest BCUT2D eigenvalue weighted by Gasteiger charge is 2.26. The average Bonchev–Trinajstić information content (AvgIpc) is 2.57. The van der Waals surface area contributed by atoms with Gasteiger partial charge in [0, 0.05) is 12.4 Å². The maximum Gasteiger partial charge on any atom is 0.343 e. The highest BCUT2D eigenvalue weighted by molar-refractivity contribution is 5.92. The van der Waals surface area contributed by atoms with E-state index in [1.165, 1.54) is 6.20 Å². The Morgan fingerprint density at radius 2 is 1.88 bits per heavy atom. The van der Waals surface area contributed by atoms with E-state index >= 15 is 0 Å². The second-order valence-corrected chi connectivity index (χ2v) is 6.81. The lowest BCUT2D eigenvalue weighted by Crippen LogP contribution is -2.32. The summed E-state index contributed by atoms with van der Waals surface area (Å²) in [5, 5.41) is 0. The molecule has 1 aromatic heterocycles. The summed E-state index contributed by atoms with van der Waals surface area (Å²) >= 11 is 0. The number of aromatic nitrogens is 1. The van der Waals surface area contributed by atoms with E-state index in [0.29, 0.717) is 11.3 Å². The van der Waals surface area contributed by atoms with Crippen LogP contribution in [0.4, 0.5) is 0 Å². The SMILES string of the molecule is CCC(Oc1ccncc1C(=O)OCc1ccccc1)C(C)(C)C. The summed E-state index contributed by atoms with van der Waals surface area (Å²) in [6.45, 7) is 8.66. The van der Waals surface area contributed by atoms with Crippen LogP contribution >= 0.6 is 0 Å². The molecule has 4 heteroatoms. The summed E-state index contributed by atoms with van der Waals surface area (Å²) in [5.74, 6) is 0.0931. The average molecular weight is 327 g/mol. The van der Waals surface area contributed by atoms with Gasteiger partial charge in [-0.3, -0.25) is 4.98 Å².